The van der Waals surface area contributed by atoms with Crippen LogP contribution in [0, 0.1) is 11.8 Å². The number of carbonyl (C=O) groups excluding carboxylic acids is 2. The monoisotopic (exact) mass is 411 g/mol. The maximum absolute atomic E-state index is 12.2. The number of imide groups is 1. The van der Waals surface area contributed by atoms with Gasteiger partial charge in [-0.2, -0.15) is 5.10 Å². The van der Waals surface area contributed by atoms with Crippen LogP contribution in [0.2, 0.25) is 0 Å². The fourth-order valence-corrected chi connectivity index (χ4v) is 4.94. The lowest BCUT2D eigenvalue weighted by Gasteiger charge is -2.33. The predicted molar refractivity (Wildman–Crippen MR) is 112 cm³/mol. The highest BCUT2D eigenvalue weighted by molar-refractivity contribution is 6.07. The fraction of sp³-hybridized carbons (Fsp3) is 0.591. The van der Waals surface area contributed by atoms with E-state index in [-0.39, 0.29) is 11.9 Å². The Labute approximate surface area is 176 Å². The van der Waals surface area contributed by atoms with Crippen molar-refractivity contribution in [1.82, 2.24) is 19.8 Å². The van der Waals surface area contributed by atoms with E-state index in [0.29, 0.717) is 24.8 Å². The first-order chi connectivity index (χ1) is 14.7. The molecule has 3 saturated heterocycles. The van der Waals surface area contributed by atoms with Crippen LogP contribution in [-0.4, -0.2) is 65.8 Å². The molecule has 5 rings (SSSR count). The minimum absolute atomic E-state index is 0.222. The summed E-state index contributed by atoms with van der Waals surface area (Å²) in [5, 5.41) is 6.78. The molecule has 0 aliphatic carbocycles. The highest BCUT2D eigenvalue weighted by Gasteiger charge is 2.27. The quantitative estimate of drug-likeness (QED) is 0.815. The van der Waals surface area contributed by atoms with Crippen molar-refractivity contribution in [3.63, 3.8) is 0 Å². The number of aromatic nitrogens is 2. The molecular weight excluding hydrogens is 382 g/mol. The summed E-state index contributed by atoms with van der Waals surface area (Å²) >= 11 is 0. The number of carbonyl (C=O) groups is 2. The average molecular weight is 412 g/mol. The summed E-state index contributed by atoms with van der Waals surface area (Å²) in [6.07, 6.45) is 8.69. The summed E-state index contributed by atoms with van der Waals surface area (Å²) in [5.74, 6) is 1.18. The zero-order chi connectivity index (χ0) is 20.5. The zero-order valence-electron chi connectivity index (χ0n) is 17.3. The minimum Gasteiger partial charge on any atom is -0.381 e. The second-order valence-electron chi connectivity index (χ2n) is 8.83. The van der Waals surface area contributed by atoms with Gasteiger partial charge in [0.15, 0.2) is 0 Å². The number of likely N-dealkylation sites (tertiary alicyclic amines) is 1. The molecule has 8 heteroatoms. The van der Waals surface area contributed by atoms with E-state index in [1.54, 1.807) is 15.6 Å². The summed E-state index contributed by atoms with van der Waals surface area (Å²) in [5.41, 5.74) is 2.95. The predicted octanol–water partition coefficient (Wildman–Crippen LogP) is 2.07. The van der Waals surface area contributed by atoms with Crippen LogP contribution in [0.15, 0.2) is 24.5 Å². The maximum Gasteiger partial charge on any atom is 0.328 e. The third-order valence-electron chi connectivity index (χ3n) is 6.68. The number of piperidine rings is 1. The van der Waals surface area contributed by atoms with Crippen molar-refractivity contribution in [2.45, 2.75) is 32.1 Å². The van der Waals surface area contributed by atoms with Crippen molar-refractivity contribution < 1.29 is 14.3 Å². The second kappa shape index (κ2) is 8.35. The highest BCUT2D eigenvalue weighted by Crippen LogP contribution is 2.27. The lowest BCUT2D eigenvalue weighted by Crippen LogP contribution is -2.49. The summed E-state index contributed by atoms with van der Waals surface area (Å²) < 4.78 is 7.31. The molecule has 0 spiro atoms. The van der Waals surface area contributed by atoms with Gasteiger partial charge in [-0.3, -0.25) is 15.0 Å². The van der Waals surface area contributed by atoms with Gasteiger partial charge in [-0.15, -0.1) is 0 Å². The first kappa shape index (κ1) is 19.5. The number of pyridine rings is 1. The smallest absolute Gasteiger partial charge is 0.328 e. The average Bonchev–Trinajstić information content (AvgIpc) is 3.39. The van der Waals surface area contributed by atoms with Crippen molar-refractivity contribution in [3.05, 3.63) is 30.1 Å². The molecule has 3 fully saturated rings. The highest BCUT2D eigenvalue weighted by atomic mass is 16.5. The molecule has 0 aromatic carbocycles. The number of hydrogen-bond acceptors (Lipinski definition) is 5. The number of urea groups is 1. The van der Waals surface area contributed by atoms with E-state index in [9.17, 15) is 9.59 Å². The summed E-state index contributed by atoms with van der Waals surface area (Å²) in [4.78, 5) is 27.9. The molecule has 30 heavy (non-hydrogen) atoms. The number of nitrogens with one attached hydrogen (secondary N) is 1. The van der Waals surface area contributed by atoms with Gasteiger partial charge in [-0.05, 0) is 68.3 Å². The maximum atomic E-state index is 12.2. The van der Waals surface area contributed by atoms with Crippen molar-refractivity contribution in [1.29, 1.82) is 0 Å². The van der Waals surface area contributed by atoms with E-state index in [0.717, 1.165) is 30.8 Å². The van der Waals surface area contributed by atoms with Gasteiger partial charge in [-0.1, -0.05) is 0 Å². The number of hydrogen-bond donors (Lipinski definition) is 1. The summed E-state index contributed by atoms with van der Waals surface area (Å²) in [6, 6.07) is 3.91. The molecule has 3 aliphatic heterocycles. The Bertz CT molecular complexity index is 928. The van der Waals surface area contributed by atoms with Crippen LogP contribution in [0.5, 0.6) is 0 Å². The molecule has 2 aromatic heterocycles. The van der Waals surface area contributed by atoms with Crippen LogP contribution in [0.4, 0.5) is 10.5 Å². The molecule has 0 bridgehead atoms. The Morgan fingerprint density at radius 3 is 2.77 bits per heavy atom. The molecule has 0 unspecified atom stereocenters. The fourth-order valence-electron chi connectivity index (χ4n) is 4.94. The van der Waals surface area contributed by atoms with Gasteiger partial charge in [0.05, 0.1) is 24.0 Å². The van der Waals surface area contributed by atoms with E-state index in [1.165, 1.54) is 44.5 Å². The van der Waals surface area contributed by atoms with Crippen molar-refractivity contribution in [2.24, 2.45) is 11.8 Å². The Hall–Kier alpha value is -2.45. The molecule has 2 aromatic rings. The SMILES string of the molecule is O=C1CCN(c2cnn3ccc(CC4CCN(C[C@H]5CCOC5)CC4)cc23)C(=O)N1. The van der Waals surface area contributed by atoms with Gasteiger partial charge < -0.3 is 9.64 Å². The topological polar surface area (TPSA) is 79.2 Å². The number of ether oxygens (including phenoxy) is 1. The molecule has 3 amide bonds. The third kappa shape index (κ3) is 4.06. The Morgan fingerprint density at radius 1 is 1.13 bits per heavy atom. The lowest BCUT2D eigenvalue weighted by molar-refractivity contribution is -0.120. The van der Waals surface area contributed by atoms with Crippen LogP contribution < -0.4 is 10.2 Å². The van der Waals surface area contributed by atoms with E-state index in [1.807, 2.05) is 6.20 Å². The molecular formula is C22H29N5O3. The minimum atomic E-state index is -0.369. The van der Waals surface area contributed by atoms with E-state index in [2.05, 4.69) is 27.4 Å². The Kier molecular flexibility index (Phi) is 5.43. The lowest BCUT2D eigenvalue weighted by atomic mass is 9.90. The Morgan fingerprint density at radius 2 is 2.00 bits per heavy atom. The number of anilines is 1. The molecule has 1 N–H and O–H groups in total. The van der Waals surface area contributed by atoms with Crippen molar-refractivity contribution >= 4 is 23.1 Å². The van der Waals surface area contributed by atoms with Crippen molar-refractivity contribution in [2.75, 3.05) is 44.3 Å². The van der Waals surface area contributed by atoms with Gasteiger partial charge in [0.25, 0.3) is 0 Å². The van der Waals surface area contributed by atoms with Gasteiger partial charge in [-0.25, -0.2) is 9.31 Å². The molecule has 8 nitrogen and oxygen atoms in total. The normalized spacial score (nSPS) is 24.0. The summed E-state index contributed by atoms with van der Waals surface area (Å²) in [7, 11) is 0. The van der Waals surface area contributed by atoms with E-state index < -0.39 is 0 Å². The second-order valence-corrected chi connectivity index (χ2v) is 8.83. The Balaban J connectivity index is 1.23. The number of amides is 3. The largest absolute Gasteiger partial charge is 0.381 e. The first-order valence-electron chi connectivity index (χ1n) is 11.0. The standard InChI is InChI=1S/C22H29N5O3/c28-21-4-8-26(22(29)24-21)20-13-23-27-9-3-17(12-19(20)27)11-16-1-6-25(7-2-16)14-18-5-10-30-15-18/h3,9,12-13,16,18H,1-2,4-8,10-11,14-15H2,(H,24,28,29)/t18-/m1/s1. The molecule has 5 heterocycles. The number of rotatable bonds is 5. The molecule has 0 saturated carbocycles. The van der Waals surface area contributed by atoms with E-state index in [4.69, 9.17) is 4.74 Å². The molecule has 1 atom stereocenters. The van der Waals surface area contributed by atoms with Gasteiger partial charge in [0.2, 0.25) is 5.91 Å². The summed E-state index contributed by atoms with van der Waals surface area (Å²) in [6.45, 7) is 5.76. The van der Waals surface area contributed by atoms with Crippen molar-refractivity contribution in [3.8, 4) is 0 Å². The number of nitrogens with zero attached hydrogens (tertiary/aromatic N) is 4. The third-order valence-corrected chi connectivity index (χ3v) is 6.68. The molecule has 0 radical (unpaired) electrons. The van der Waals surface area contributed by atoms with Gasteiger partial charge in [0, 0.05) is 32.3 Å². The zero-order valence-corrected chi connectivity index (χ0v) is 17.3. The first-order valence-corrected chi connectivity index (χ1v) is 11.0. The molecule has 3 aliphatic rings. The van der Waals surface area contributed by atoms with Crippen LogP contribution in [0.25, 0.3) is 5.52 Å². The number of fused-ring (bicyclic) bond motifs is 1. The van der Waals surface area contributed by atoms with E-state index >= 15 is 0 Å². The van der Waals surface area contributed by atoms with Gasteiger partial charge in [0.1, 0.15) is 0 Å². The van der Waals surface area contributed by atoms with Gasteiger partial charge >= 0.3 is 6.03 Å². The van der Waals surface area contributed by atoms with Crippen LogP contribution >= 0.6 is 0 Å². The van der Waals surface area contributed by atoms with Crippen LogP contribution in [0.3, 0.4) is 0 Å². The van der Waals surface area contributed by atoms with Crippen LogP contribution in [-0.2, 0) is 16.0 Å². The molecule has 160 valence electrons. The van der Waals surface area contributed by atoms with Crippen LogP contribution in [0.1, 0.15) is 31.2 Å².